The van der Waals surface area contributed by atoms with Crippen LogP contribution in [0.15, 0.2) is 0 Å². The fraction of sp³-hybridized carbons (Fsp3) is 0.667. The molecule has 0 aromatic rings. The summed E-state index contributed by atoms with van der Waals surface area (Å²) in [4.78, 5) is 9.33. The molecule has 0 heterocycles. The van der Waals surface area contributed by atoms with E-state index < -0.39 is 23.1 Å². The van der Waals surface area contributed by atoms with Crippen molar-refractivity contribution in [3.63, 3.8) is 0 Å². The molecule has 0 aliphatic rings. The predicted molar refractivity (Wildman–Crippen MR) is 33.3 cm³/mol. The molecule has 0 rings (SSSR count). The van der Waals surface area contributed by atoms with Gasteiger partial charge in [-0.25, -0.2) is 0 Å². The zero-order chi connectivity index (χ0) is 9.49. The van der Waals surface area contributed by atoms with Crippen molar-refractivity contribution in [2.24, 2.45) is 0 Å². The zero-order valence-electron chi connectivity index (χ0n) is 5.28. The third-order valence-corrected chi connectivity index (χ3v) is 0.344. The molecule has 0 amide bonds. The Bertz CT molecular complexity index is 174. The molecule has 0 saturated carbocycles. The van der Waals surface area contributed by atoms with Gasteiger partial charge >= 0.3 is 10.4 Å². The standard InChI is InChI=1S/C3H6O3.H2O4S/c4-1-3(6)2-5;1-5(2,3)4/h1,3,5-6H,2H2;(H2,1,2,3,4). The van der Waals surface area contributed by atoms with Crippen LogP contribution in [0.2, 0.25) is 0 Å². The fourth-order valence-electron chi connectivity index (χ4n) is 0.0430. The number of hydrogen-bond donors (Lipinski definition) is 4. The Kier molecular flexibility index (Phi) is 7.36. The minimum Gasteiger partial charge on any atom is -0.393 e. The van der Waals surface area contributed by atoms with Gasteiger partial charge in [0.2, 0.25) is 0 Å². The predicted octanol–water partition coefficient (Wildman–Crippen LogP) is -2.11. The Morgan fingerprint density at radius 3 is 1.64 bits per heavy atom. The number of aldehydes is 1. The van der Waals surface area contributed by atoms with Gasteiger partial charge in [-0.05, 0) is 0 Å². The molecule has 0 fully saturated rings. The molecule has 1 atom stereocenters. The van der Waals surface area contributed by atoms with Gasteiger partial charge in [0.25, 0.3) is 0 Å². The van der Waals surface area contributed by atoms with Crippen LogP contribution in [0.3, 0.4) is 0 Å². The summed E-state index contributed by atoms with van der Waals surface area (Å²) >= 11 is 0. The third-order valence-electron chi connectivity index (χ3n) is 0.344. The van der Waals surface area contributed by atoms with E-state index in [1.165, 1.54) is 0 Å². The van der Waals surface area contributed by atoms with Crippen molar-refractivity contribution in [3.05, 3.63) is 0 Å². The van der Waals surface area contributed by atoms with Gasteiger partial charge in [-0.3, -0.25) is 9.11 Å². The van der Waals surface area contributed by atoms with E-state index in [4.69, 9.17) is 27.7 Å². The van der Waals surface area contributed by atoms with Crippen LogP contribution in [0.5, 0.6) is 0 Å². The Labute approximate surface area is 62.9 Å². The third kappa shape index (κ3) is 44.0. The Balaban J connectivity index is 0. The molecule has 0 aromatic carbocycles. The second kappa shape index (κ2) is 6.19. The molecule has 68 valence electrons. The molecule has 8 heteroatoms. The maximum absolute atomic E-state index is 9.33. The number of aliphatic hydroxyl groups excluding tert-OH is 2. The first kappa shape index (κ1) is 13.1. The first-order valence-electron chi connectivity index (χ1n) is 2.25. The van der Waals surface area contributed by atoms with Gasteiger partial charge in [0.1, 0.15) is 6.10 Å². The first-order valence-corrected chi connectivity index (χ1v) is 3.65. The summed E-state index contributed by atoms with van der Waals surface area (Å²) in [6.07, 6.45) is -0.912. The van der Waals surface area contributed by atoms with Crippen LogP contribution in [0.1, 0.15) is 0 Å². The number of aliphatic hydroxyl groups is 2. The van der Waals surface area contributed by atoms with Crippen molar-refractivity contribution in [1.82, 2.24) is 0 Å². The van der Waals surface area contributed by atoms with E-state index in [0.29, 0.717) is 0 Å². The topological polar surface area (TPSA) is 132 Å². The van der Waals surface area contributed by atoms with Crippen molar-refractivity contribution >= 4 is 16.7 Å². The molecular weight excluding hydrogens is 180 g/mol. The summed E-state index contributed by atoms with van der Waals surface area (Å²) < 4.78 is 31.6. The highest BCUT2D eigenvalue weighted by Crippen LogP contribution is 1.66. The maximum Gasteiger partial charge on any atom is 0.394 e. The average molecular weight is 188 g/mol. The maximum atomic E-state index is 9.33. The van der Waals surface area contributed by atoms with Crippen molar-refractivity contribution in [1.29, 1.82) is 0 Å². The first-order chi connectivity index (χ1) is 4.81. The number of hydrogen-bond acceptors (Lipinski definition) is 5. The Hall–Kier alpha value is -0.540. The lowest BCUT2D eigenvalue weighted by Crippen LogP contribution is -2.12. The van der Waals surface area contributed by atoms with Crippen LogP contribution in [-0.4, -0.2) is 46.7 Å². The summed E-state index contributed by atoms with van der Waals surface area (Å²) in [5, 5.41) is 15.9. The minimum atomic E-state index is -4.67. The monoisotopic (exact) mass is 188 g/mol. The summed E-state index contributed by atoms with van der Waals surface area (Å²) in [5.41, 5.74) is 0. The lowest BCUT2D eigenvalue weighted by Gasteiger charge is -1.89. The quantitative estimate of drug-likeness (QED) is 0.288. The minimum absolute atomic E-state index is 0.278. The van der Waals surface area contributed by atoms with Crippen LogP contribution < -0.4 is 0 Å². The largest absolute Gasteiger partial charge is 0.394 e. The van der Waals surface area contributed by atoms with E-state index >= 15 is 0 Å². The zero-order valence-corrected chi connectivity index (χ0v) is 6.10. The highest BCUT2D eigenvalue weighted by Gasteiger charge is 1.92. The van der Waals surface area contributed by atoms with E-state index in [0.717, 1.165) is 0 Å². The van der Waals surface area contributed by atoms with Crippen LogP contribution in [0.4, 0.5) is 0 Å². The van der Waals surface area contributed by atoms with E-state index in [1.54, 1.807) is 0 Å². The van der Waals surface area contributed by atoms with E-state index in [1.807, 2.05) is 0 Å². The molecule has 0 aliphatic heterocycles. The fourth-order valence-corrected chi connectivity index (χ4v) is 0.0430. The summed E-state index contributed by atoms with van der Waals surface area (Å²) in [5.74, 6) is 0. The van der Waals surface area contributed by atoms with Gasteiger partial charge in [-0.2, -0.15) is 8.42 Å². The van der Waals surface area contributed by atoms with Crippen molar-refractivity contribution in [3.8, 4) is 0 Å². The Morgan fingerprint density at radius 1 is 1.36 bits per heavy atom. The molecule has 0 bridgehead atoms. The molecule has 11 heavy (non-hydrogen) atoms. The lowest BCUT2D eigenvalue weighted by molar-refractivity contribution is -0.116. The van der Waals surface area contributed by atoms with Gasteiger partial charge in [0.05, 0.1) is 6.61 Å². The van der Waals surface area contributed by atoms with E-state index in [9.17, 15) is 4.79 Å². The molecule has 0 aromatic heterocycles. The molecule has 4 N–H and O–H groups in total. The molecular formula is C3H8O7S. The average Bonchev–Trinajstić information content (AvgIpc) is 1.83. The Morgan fingerprint density at radius 2 is 1.64 bits per heavy atom. The van der Waals surface area contributed by atoms with Gasteiger partial charge in [0.15, 0.2) is 6.29 Å². The highest BCUT2D eigenvalue weighted by molar-refractivity contribution is 7.79. The molecule has 0 saturated heterocycles. The number of carbonyl (C=O) groups is 1. The molecule has 0 spiro atoms. The second-order valence-corrected chi connectivity index (χ2v) is 2.23. The van der Waals surface area contributed by atoms with Crippen LogP contribution in [-0.2, 0) is 15.2 Å². The van der Waals surface area contributed by atoms with Crippen LogP contribution in [0, 0.1) is 0 Å². The van der Waals surface area contributed by atoms with Crippen molar-refractivity contribution < 1.29 is 32.5 Å². The van der Waals surface area contributed by atoms with E-state index in [2.05, 4.69) is 0 Å². The number of carbonyl (C=O) groups excluding carboxylic acids is 1. The second-order valence-electron chi connectivity index (χ2n) is 1.33. The molecule has 0 aliphatic carbocycles. The lowest BCUT2D eigenvalue weighted by atomic mass is 10.4. The summed E-state index contributed by atoms with van der Waals surface area (Å²) in [7, 11) is -4.67. The summed E-state index contributed by atoms with van der Waals surface area (Å²) in [6.45, 7) is -0.483. The van der Waals surface area contributed by atoms with Crippen LogP contribution >= 0.6 is 0 Å². The SMILES string of the molecule is O=CC(O)CO.O=S(=O)(O)O. The summed E-state index contributed by atoms with van der Waals surface area (Å²) in [6, 6.07) is 0. The van der Waals surface area contributed by atoms with Crippen molar-refractivity contribution in [2.45, 2.75) is 6.10 Å². The normalized spacial score (nSPS) is 12.7. The highest BCUT2D eigenvalue weighted by atomic mass is 32.3. The van der Waals surface area contributed by atoms with Gasteiger partial charge in [-0.15, -0.1) is 0 Å². The van der Waals surface area contributed by atoms with E-state index in [-0.39, 0.29) is 6.29 Å². The molecule has 0 radical (unpaired) electrons. The molecule has 1 unspecified atom stereocenters. The van der Waals surface area contributed by atoms with Crippen molar-refractivity contribution in [2.75, 3.05) is 6.61 Å². The van der Waals surface area contributed by atoms with Gasteiger partial charge in [-0.1, -0.05) is 0 Å². The smallest absolute Gasteiger partial charge is 0.393 e. The number of rotatable bonds is 2. The van der Waals surface area contributed by atoms with Crippen LogP contribution in [0.25, 0.3) is 0 Å². The van der Waals surface area contributed by atoms with Gasteiger partial charge < -0.3 is 15.0 Å². The van der Waals surface area contributed by atoms with Gasteiger partial charge in [0, 0.05) is 0 Å². The molecule has 7 nitrogen and oxygen atoms in total.